The number of amides is 4. The van der Waals surface area contributed by atoms with Crippen LogP contribution in [0.2, 0.25) is 0 Å². The zero-order valence-electron chi connectivity index (χ0n) is 28.0. The Morgan fingerprint density at radius 1 is 1.06 bits per heavy atom. The van der Waals surface area contributed by atoms with Gasteiger partial charge in [0.25, 0.3) is 11.8 Å². The number of aromatic nitrogens is 2. The lowest BCUT2D eigenvalue weighted by Crippen LogP contribution is -2.59. The quantitative estimate of drug-likeness (QED) is 0.278. The number of hydrogen-bond donors (Lipinski definition) is 3. The highest BCUT2D eigenvalue weighted by atomic mass is 19.1. The van der Waals surface area contributed by atoms with Gasteiger partial charge >= 0.3 is 0 Å². The highest BCUT2D eigenvalue weighted by molar-refractivity contribution is 5.95. The number of rotatable bonds is 12. The van der Waals surface area contributed by atoms with Gasteiger partial charge in [0.05, 0.1) is 18.4 Å². The fraction of sp³-hybridized carbons (Fsp3) is 0.457. The summed E-state index contributed by atoms with van der Waals surface area (Å²) in [6, 6.07) is 12.7. The van der Waals surface area contributed by atoms with Gasteiger partial charge in [0.2, 0.25) is 11.8 Å². The average molecular weight is 648 g/mol. The fourth-order valence-corrected chi connectivity index (χ4v) is 5.67. The molecule has 1 aliphatic rings. The molecule has 1 aliphatic heterocycles. The first-order valence-electron chi connectivity index (χ1n) is 15.9. The maximum atomic E-state index is 14.4. The minimum absolute atomic E-state index is 0.164. The minimum Gasteiger partial charge on any atom is -0.347 e. The normalized spacial score (nSPS) is 17.6. The molecule has 3 N–H and O–H groups in total. The third-order valence-electron chi connectivity index (χ3n) is 8.52. The molecule has 0 saturated carbocycles. The third-order valence-corrected chi connectivity index (χ3v) is 8.52. The number of likely N-dealkylation sites (N-methyl/N-ethyl adjacent to an activating group) is 1. The number of halogens is 1. The van der Waals surface area contributed by atoms with Crippen LogP contribution in [0.25, 0.3) is 0 Å². The molecule has 1 saturated heterocycles. The summed E-state index contributed by atoms with van der Waals surface area (Å²) in [6.07, 6.45) is 4.04. The van der Waals surface area contributed by atoms with Crippen molar-refractivity contribution in [2.24, 2.45) is 12.5 Å². The Morgan fingerprint density at radius 2 is 1.74 bits per heavy atom. The number of imidazole rings is 1. The van der Waals surface area contributed by atoms with Gasteiger partial charge in [-0.1, -0.05) is 51.1 Å². The lowest BCUT2D eigenvalue weighted by atomic mass is 9.85. The van der Waals surface area contributed by atoms with Gasteiger partial charge in [0.15, 0.2) is 0 Å². The van der Waals surface area contributed by atoms with Crippen LogP contribution in [0.5, 0.6) is 0 Å². The highest BCUT2D eigenvalue weighted by Gasteiger charge is 2.44. The van der Waals surface area contributed by atoms with Crippen molar-refractivity contribution >= 4 is 23.6 Å². The zero-order valence-corrected chi connectivity index (χ0v) is 28.0. The molecular formula is C35H46FN7O4. The summed E-state index contributed by atoms with van der Waals surface area (Å²) in [6.45, 7) is 8.04. The van der Waals surface area contributed by atoms with Crippen molar-refractivity contribution in [3.8, 4) is 0 Å². The molecule has 1 fully saturated rings. The zero-order chi connectivity index (χ0) is 34.3. The van der Waals surface area contributed by atoms with Gasteiger partial charge < -0.3 is 30.3 Å². The Labute approximate surface area is 275 Å². The van der Waals surface area contributed by atoms with E-state index < -0.39 is 29.6 Å². The molecule has 1 aromatic heterocycles. The van der Waals surface area contributed by atoms with Crippen molar-refractivity contribution in [2.45, 2.75) is 64.7 Å². The summed E-state index contributed by atoms with van der Waals surface area (Å²) in [5, 5.41) is 8.92. The number of likely N-dealkylation sites (tertiary alicyclic amines) is 1. The van der Waals surface area contributed by atoms with Crippen LogP contribution in [0.4, 0.5) is 4.39 Å². The Balaban J connectivity index is 1.64. The molecule has 0 radical (unpaired) electrons. The smallest absolute Gasteiger partial charge is 0.274 e. The van der Waals surface area contributed by atoms with Crippen LogP contribution in [-0.4, -0.2) is 93.8 Å². The lowest BCUT2D eigenvalue weighted by molar-refractivity contribution is -0.140. The van der Waals surface area contributed by atoms with E-state index in [0.717, 1.165) is 5.56 Å². The highest BCUT2D eigenvalue weighted by Crippen LogP contribution is 2.27. The van der Waals surface area contributed by atoms with Crippen molar-refractivity contribution < 1.29 is 23.6 Å². The van der Waals surface area contributed by atoms with Gasteiger partial charge in [-0.05, 0) is 62.1 Å². The second kappa shape index (κ2) is 15.3. The van der Waals surface area contributed by atoms with E-state index in [1.54, 1.807) is 84.3 Å². The molecule has 4 unspecified atom stereocenters. The Hall–Kier alpha value is -4.58. The van der Waals surface area contributed by atoms with E-state index in [9.17, 15) is 23.6 Å². The second-order valence-electron chi connectivity index (χ2n) is 13.3. The van der Waals surface area contributed by atoms with E-state index in [2.05, 4.69) is 20.9 Å². The van der Waals surface area contributed by atoms with Crippen molar-refractivity contribution in [3.63, 3.8) is 0 Å². The maximum Gasteiger partial charge on any atom is 0.274 e. The van der Waals surface area contributed by atoms with Crippen LogP contribution in [-0.2, 0) is 23.1 Å². The third kappa shape index (κ3) is 9.25. The number of nitrogens with one attached hydrogen (secondary N) is 3. The molecule has 0 aliphatic carbocycles. The summed E-state index contributed by atoms with van der Waals surface area (Å²) < 4.78 is 15.3. The molecule has 47 heavy (non-hydrogen) atoms. The average Bonchev–Trinajstić information content (AvgIpc) is 3.66. The standard InChI is InChI=1S/C35H46FN7O4/c1-23(37-5)31(44)40-30(35(2,3)4)34(47)43-19-27(39-32(45)25-10-8-7-9-11-25)18-28(43)20-42(33(46)29-21-41(6)22-38-29)17-16-24-12-14-26(36)15-13-24/h7-15,21-23,27-28,30,37H,16-20H2,1-6H3,(H,39,45)(H,40,44). The van der Waals surface area contributed by atoms with Crippen LogP contribution >= 0.6 is 0 Å². The van der Waals surface area contributed by atoms with Crippen molar-refractivity contribution in [1.29, 1.82) is 0 Å². The van der Waals surface area contributed by atoms with Gasteiger partial charge in [-0.3, -0.25) is 19.2 Å². The fourth-order valence-electron chi connectivity index (χ4n) is 5.67. The van der Waals surface area contributed by atoms with Crippen molar-refractivity contribution in [2.75, 3.05) is 26.7 Å². The van der Waals surface area contributed by atoms with Crippen molar-refractivity contribution in [3.05, 3.63) is 89.8 Å². The van der Waals surface area contributed by atoms with Crippen LogP contribution in [0.15, 0.2) is 67.1 Å². The van der Waals surface area contributed by atoms with E-state index in [1.807, 2.05) is 26.8 Å². The van der Waals surface area contributed by atoms with E-state index in [4.69, 9.17) is 0 Å². The molecule has 12 heteroatoms. The Morgan fingerprint density at radius 3 is 2.34 bits per heavy atom. The molecule has 252 valence electrons. The van der Waals surface area contributed by atoms with Crippen LogP contribution < -0.4 is 16.0 Å². The minimum atomic E-state index is -0.865. The molecular weight excluding hydrogens is 601 g/mol. The summed E-state index contributed by atoms with van der Waals surface area (Å²) in [5.41, 5.74) is 0.979. The summed E-state index contributed by atoms with van der Waals surface area (Å²) in [7, 11) is 3.45. The molecule has 0 bridgehead atoms. The largest absolute Gasteiger partial charge is 0.347 e. The Bertz CT molecular complexity index is 1540. The molecule has 11 nitrogen and oxygen atoms in total. The summed E-state index contributed by atoms with van der Waals surface area (Å²) in [5.74, 6) is -1.51. The molecule has 4 atom stereocenters. The number of carbonyl (C=O) groups excluding carboxylic acids is 4. The molecule has 0 spiro atoms. The predicted molar refractivity (Wildman–Crippen MR) is 177 cm³/mol. The van der Waals surface area contributed by atoms with E-state index >= 15 is 0 Å². The summed E-state index contributed by atoms with van der Waals surface area (Å²) in [4.78, 5) is 62.0. The number of aryl methyl sites for hydroxylation is 1. The Kier molecular flexibility index (Phi) is 11.5. The van der Waals surface area contributed by atoms with E-state index in [-0.39, 0.29) is 48.2 Å². The monoisotopic (exact) mass is 647 g/mol. The second-order valence-corrected chi connectivity index (χ2v) is 13.3. The molecule has 3 aromatic rings. The lowest BCUT2D eigenvalue weighted by Gasteiger charge is -2.37. The van der Waals surface area contributed by atoms with Crippen LogP contribution in [0, 0.1) is 11.2 Å². The molecule has 2 heterocycles. The maximum absolute atomic E-state index is 14.4. The number of hydrogen-bond acceptors (Lipinski definition) is 6. The predicted octanol–water partition coefficient (Wildman–Crippen LogP) is 2.78. The first kappa shape index (κ1) is 35.3. The number of benzene rings is 2. The van der Waals surface area contributed by atoms with E-state index in [0.29, 0.717) is 24.9 Å². The topological polar surface area (TPSA) is 129 Å². The van der Waals surface area contributed by atoms with Crippen LogP contribution in [0.1, 0.15) is 60.5 Å². The first-order valence-corrected chi connectivity index (χ1v) is 15.9. The van der Waals surface area contributed by atoms with Gasteiger partial charge in [-0.2, -0.15) is 0 Å². The molecule has 4 amide bonds. The van der Waals surface area contributed by atoms with Crippen molar-refractivity contribution in [1.82, 2.24) is 35.3 Å². The molecule has 4 rings (SSSR count). The van der Waals surface area contributed by atoms with Crippen LogP contribution in [0.3, 0.4) is 0 Å². The van der Waals surface area contributed by atoms with Gasteiger partial charge in [-0.15, -0.1) is 0 Å². The first-order chi connectivity index (χ1) is 22.3. The number of carbonyl (C=O) groups is 4. The van der Waals surface area contributed by atoms with E-state index in [1.165, 1.54) is 12.1 Å². The SMILES string of the molecule is CNC(C)C(=O)NC(C(=O)N1CC(NC(=O)c2ccccc2)CC1CN(CCc1ccc(F)cc1)C(=O)c1cn(C)cn1)C(C)(C)C. The molecule has 2 aromatic carbocycles. The van der Waals surface area contributed by atoms with Gasteiger partial charge in [0, 0.05) is 44.5 Å². The summed E-state index contributed by atoms with van der Waals surface area (Å²) >= 11 is 0. The number of nitrogens with zero attached hydrogens (tertiary/aromatic N) is 4. The van der Waals surface area contributed by atoms with Gasteiger partial charge in [-0.25, -0.2) is 9.37 Å². The van der Waals surface area contributed by atoms with Gasteiger partial charge in [0.1, 0.15) is 17.6 Å².